The number of nitrogens with zero attached hydrogens (tertiary/aromatic N) is 2. The summed E-state index contributed by atoms with van der Waals surface area (Å²) in [5.74, 6) is 0.936. The third-order valence-electron chi connectivity index (χ3n) is 4.48. The number of carbonyl (C=O) groups is 1. The number of aromatic nitrogens is 2. The molecule has 1 aromatic carbocycles. The van der Waals surface area contributed by atoms with Gasteiger partial charge >= 0.3 is 0 Å². The molecule has 0 fully saturated rings. The monoisotopic (exact) mass is 392 g/mol. The Balaban J connectivity index is 1.84. The Morgan fingerprint density at radius 2 is 1.52 bits per heavy atom. The number of amides is 1. The molecule has 0 aliphatic carbocycles. The molecular formula is C22H24N4O3. The Morgan fingerprint density at radius 1 is 0.897 bits per heavy atom. The molecule has 2 heterocycles. The molecule has 0 aliphatic rings. The Kier molecular flexibility index (Phi) is 7.13. The van der Waals surface area contributed by atoms with E-state index in [2.05, 4.69) is 20.6 Å². The summed E-state index contributed by atoms with van der Waals surface area (Å²) in [6.07, 6.45) is 6.85. The number of nitrogens with one attached hydrogen (secondary N) is 2. The summed E-state index contributed by atoms with van der Waals surface area (Å²) in [7, 11) is 3.14. The van der Waals surface area contributed by atoms with Crippen LogP contribution in [0.4, 0.5) is 0 Å². The second-order valence-electron chi connectivity index (χ2n) is 6.33. The number of rotatable bonds is 9. The number of methoxy groups -OCH3 is 2. The molecule has 2 aromatic heterocycles. The zero-order chi connectivity index (χ0) is 20.5. The van der Waals surface area contributed by atoms with Crippen molar-refractivity contribution in [3.05, 3.63) is 83.9 Å². The third-order valence-corrected chi connectivity index (χ3v) is 4.48. The minimum atomic E-state index is -0.630. The molecule has 3 aromatic rings. The molecule has 0 spiro atoms. The van der Waals surface area contributed by atoms with Gasteiger partial charge in [0.25, 0.3) is 0 Å². The van der Waals surface area contributed by atoms with Crippen molar-refractivity contribution in [3.63, 3.8) is 0 Å². The van der Waals surface area contributed by atoms with Gasteiger partial charge in [0.2, 0.25) is 5.91 Å². The van der Waals surface area contributed by atoms with Crippen molar-refractivity contribution in [1.29, 1.82) is 0 Å². The maximum Gasteiger partial charge on any atom is 0.242 e. The van der Waals surface area contributed by atoms with Gasteiger partial charge in [-0.2, -0.15) is 0 Å². The van der Waals surface area contributed by atoms with Crippen LogP contribution in [0.25, 0.3) is 0 Å². The van der Waals surface area contributed by atoms with E-state index in [0.717, 1.165) is 11.1 Å². The lowest BCUT2D eigenvalue weighted by Crippen LogP contribution is -2.37. The molecular weight excluding hydrogens is 368 g/mol. The normalized spacial score (nSPS) is 11.5. The van der Waals surface area contributed by atoms with Crippen LogP contribution < -0.4 is 20.1 Å². The minimum absolute atomic E-state index is 0.164. The van der Waals surface area contributed by atoms with Crippen LogP contribution in [0.15, 0.2) is 67.3 Å². The van der Waals surface area contributed by atoms with Gasteiger partial charge in [-0.1, -0.05) is 12.1 Å². The van der Waals surface area contributed by atoms with Crippen molar-refractivity contribution in [3.8, 4) is 11.5 Å². The molecule has 0 aliphatic heterocycles. The van der Waals surface area contributed by atoms with Crippen LogP contribution in [-0.4, -0.2) is 30.1 Å². The summed E-state index contributed by atoms with van der Waals surface area (Å²) in [5, 5.41) is 6.31. The zero-order valence-corrected chi connectivity index (χ0v) is 16.5. The van der Waals surface area contributed by atoms with E-state index in [0.29, 0.717) is 30.2 Å². The van der Waals surface area contributed by atoms with E-state index in [1.807, 2.05) is 36.4 Å². The smallest absolute Gasteiger partial charge is 0.242 e. The van der Waals surface area contributed by atoms with E-state index in [4.69, 9.17) is 9.47 Å². The van der Waals surface area contributed by atoms with Gasteiger partial charge in [-0.3, -0.25) is 20.1 Å². The topological polar surface area (TPSA) is 85.4 Å². The zero-order valence-electron chi connectivity index (χ0n) is 16.5. The van der Waals surface area contributed by atoms with E-state index in [1.165, 1.54) is 0 Å². The molecule has 0 bridgehead atoms. The highest BCUT2D eigenvalue weighted by molar-refractivity contribution is 5.84. The van der Waals surface area contributed by atoms with Gasteiger partial charge in [0, 0.05) is 43.4 Å². The van der Waals surface area contributed by atoms with E-state index in [-0.39, 0.29) is 5.91 Å². The SMILES string of the molecule is COc1cccc(C(NCc2ccncc2)C(=O)NCc2ccncc2)c1OC. The first-order chi connectivity index (χ1) is 14.2. The summed E-state index contributed by atoms with van der Waals surface area (Å²) >= 11 is 0. The highest BCUT2D eigenvalue weighted by Crippen LogP contribution is 2.34. The Hall–Kier alpha value is -3.45. The largest absolute Gasteiger partial charge is 0.493 e. The van der Waals surface area contributed by atoms with E-state index >= 15 is 0 Å². The predicted molar refractivity (Wildman–Crippen MR) is 109 cm³/mol. The van der Waals surface area contributed by atoms with E-state index < -0.39 is 6.04 Å². The van der Waals surface area contributed by atoms with Crippen molar-refractivity contribution >= 4 is 5.91 Å². The molecule has 7 nitrogen and oxygen atoms in total. The number of ether oxygens (including phenoxy) is 2. The first-order valence-corrected chi connectivity index (χ1v) is 9.22. The molecule has 1 unspecified atom stereocenters. The summed E-state index contributed by atoms with van der Waals surface area (Å²) < 4.78 is 10.9. The van der Waals surface area contributed by atoms with Crippen LogP contribution in [0.2, 0.25) is 0 Å². The first kappa shape index (κ1) is 20.3. The quantitative estimate of drug-likeness (QED) is 0.582. The number of hydrogen-bond donors (Lipinski definition) is 2. The molecule has 1 atom stereocenters. The summed E-state index contributed by atoms with van der Waals surface area (Å²) in [5.41, 5.74) is 2.70. The van der Waals surface area contributed by atoms with Crippen molar-refractivity contribution in [1.82, 2.24) is 20.6 Å². The van der Waals surface area contributed by atoms with Crippen LogP contribution >= 0.6 is 0 Å². The lowest BCUT2D eigenvalue weighted by Gasteiger charge is -2.22. The van der Waals surface area contributed by atoms with Gasteiger partial charge < -0.3 is 14.8 Å². The van der Waals surface area contributed by atoms with Gasteiger partial charge in [-0.25, -0.2) is 0 Å². The fraction of sp³-hybridized carbons (Fsp3) is 0.227. The summed E-state index contributed by atoms with van der Waals surface area (Å²) in [4.78, 5) is 21.1. The number of para-hydroxylation sites is 1. The summed E-state index contributed by atoms with van der Waals surface area (Å²) in [6.45, 7) is 0.900. The average Bonchev–Trinajstić information content (AvgIpc) is 2.79. The second-order valence-corrected chi connectivity index (χ2v) is 6.33. The molecule has 3 rings (SSSR count). The van der Waals surface area contributed by atoms with Crippen LogP contribution in [0, 0.1) is 0 Å². The fourth-order valence-corrected chi connectivity index (χ4v) is 3.00. The number of pyridine rings is 2. The van der Waals surface area contributed by atoms with Crippen molar-refractivity contribution in [2.45, 2.75) is 19.1 Å². The second kappa shape index (κ2) is 10.2. The highest BCUT2D eigenvalue weighted by atomic mass is 16.5. The molecule has 29 heavy (non-hydrogen) atoms. The third kappa shape index (κ3) is 5.30. The van der Waals surface area contributed by atoms with Crippen LogP contribution in [0.5, 0.6) is 11.5 Å². The molecule has 7 heteroatoms. The molecule has 2 N–H and O–H groups in total. The van der Waals surface area contributed by atoms with Crippen molar-refractivity contribution in [2.24, 2.45) is 0 Å². The maximum atomic E-state index is 13.1. The van der Waals surface area contributed by atoms with Crippen LogP contribution in [0.3, 0.4) is 0 Å². The lowest BCUT2D eigenvalue weighted by atomic mass is 10.0. The average molecular weight is 392 g/mol. The minimum Gasteiger partial charge on any atom is -0.493 e. The molecule has 0 saturated carbocycles. The molecule has 150 valence electrons. The Morgan fingerprint density at radius 3 is 2.10 bits per heavy atom. The fourth-order valence-electron chi connectivity index (χ4n) is 3.00. The van der Waals surface area contributed by atoms with Gasteiger partial charge in [0.05, 0.1) is 14.2 Å². The summed E-state index contributed by atoms with van der Waals surface area (Å²) in [6, 6.07) is 12.4. The number of carbonyl (C=O) groups excluding carboxylic acids is 1. The Labute approximate surface area is 170 Å². The lowest BCUT2D eigenvalue weighted by molar-refractivity contribution is -0.123. The molecule has 1 amide bonds. The maximum absolute atomic E-state index is 13.1. The van der Waals surface area contributed by atoms with Crippen molar-refractivity contribution in [2.75, 3.05) is 14.2 Å². The van der Waals surface area contributed by atoms with Gasteiger partial charge in [0.1, 0.15) is 6.04 Å². The van der Waals surface area contributed by atoms with Crippen LogP contribution in [-0.2, 0) is 17.9 Å². The predicted octanol–water partition coefficient (Wildman–Crippen LogP) is 2.64. The first-order valence-electron chi connectivity index (χ1n) is 9.22. The molecule has 0 radical (unpaired) electrons. The van der Waals surface area contributed by atoms with E-state index in [9.17, 15) is 4.79 Å². The van der Waals surface area contributed by atoms with E-state index in [1.54, 1.807) is 45.1 Å². The number of benzene rings is 1. The number of hydrogen-bond acceptors (Lipinski definition) is 6. The van der Waals surface area contributed by atoms with Crippen LogP contribution in [0.1, 0.15) is 22.7 Å². The standard InChI is InChI=1S/C22H24N4O3/c1-28-19-5-3-4-18(21(19)29-2)20(25-14-16-6-10-23-11-7-16)22(27)26-15-17-8-12-24-13-9-17/h3-13,20,25H,14-15H2,1-2H3,(H,26,27). The van der Waals surface area contributed by atoms with Gasteiger partial charge in [0.15, 0.2) is 11.5 Å². The Bertz CT molecular complexity index is 920. The van der Waals surface area contributed by atoms with Crippen molar-refractivity contribution < 1.29 is 14.3 Å². The molecule has 0 saturated heterocycles. The van der Waals surface area contributed by atoms with Gasteiger partial charge in [-0.05, 0) is 41.5 Å². The van der Waals surface area contributed by atoms with Gasteiger partial charge in [-0.15, -0.1) is 0 Å². The highest BCUT2D eigenvalue weighted by Gasteiger charge is 2.25.